The van der Waals surface area contributed by atoms with Crippen LogP contribution in [0.2, 0.25) is 5.02 Å². The molecule has 2 aromatic carbocycles. The number of anilines is 1. The van der Waals surface area contributed by atoms with Crippen LogP contribution >= 0.6 is 11.6 Å². The predicted octanol–water partition coefficient (Wildman–Crippen LogP) is 3.88. The zero-order valence-electron chi connectivity index (χ0n) is 18.9. The molecule has 6 heteroatoms. The number of hydrogen-bond acceptors (Lipinski definition) is 3. The average Bonchev–Trinajstić information content (AvgIpc) is 3.20. The molecule has 0 unspecified atom stereocenters. The summed E-state index contributed by atoms with van der Waals surface area (Å²) in [7, 11) is 0. The van der Waals surface area contributed by atoms with Crippen LogP contribution < -0.4 is 9.80 Å². The molecule has 2 aromatic heterocycles. The standard InChI is InChI=1S/C26H28ClN5/c1-18-4-5-22(19(2)14-18)17-30-10-12-31(13-11-30)25-15-20(3)29-26-24(16-28-32(25)26)21-6-8-23(27)9-7-21/h4-9,14-16H,10-13,17H2,1-3H3/p+1. The minimum atomic E-state index is 0.733. The average molecular weight is 447 g/mol. The summed E-state index contributed by atoms with van der Waals surface area (Å²) in [4.78, 5) is 8.90. The molecule has 0 atom stereocenters. The van der Waals surface area contributed by atoms with Gasteiger partial charge >= 0.3 is 0 Å². The Bertz CT molecular complexity index is 1250. The van der Waals surface area contributed by atoms with Crippen molar-refractivity contribution in [2.24, 2.45) is 0 Å². The van der Waals surface area contributed by atoms with Gasteiger partial charge in [-0.2, -0.15) is 9.61 Å². The topological polar surface area (TPSA) is 37.9 Å². The molecule has 1 saturated heterocycles. The van der Waals surface area contributed by atoms with Gasteiger partial charge in [-0.25, -0.2) is 4.98 Å². The summed E-state index contributed by atoms with van der Waals surface area (Å²) in [6.07, 6.45) is 1.91. The maximum atomic E-state index is 6.08. The fraction of sp³-hybridized carbons (Fsp3) is 0.308. The fourth-order valence-electron chi connectivity index (χ4n) is 4.67. The fourth-order valence-corrected chi connectivity index (χ4v) is 4.79. The van der Waals surface area contributed by atoms with Crippen LogP contribution in [0.4, 0.5) is 5.82 Å². The van der Waals surface area contributed by atoms with Gasteiger partial charge in [0.2, 0.25) is 0 Å². The van der Waals surface area contributed by atoms with Crippen LogP contribution in [-0.2, 0) is 6.54 Å². The molecule has 3 heterocycles. The molecule has 164 valence electrons. The summed E-state index contributed by atoms with van der Waals surface area (Å²) in [5.74, 6) is 1.12. The van der Waals surface area contributed by atoms with Gasteiger partial charge in [-0.1, -0.05) is 47.5 Å². The first-order chi connectivity index (χ1) is 15.5. The molecule has 0 saturated carbocycles. The third kappa shape index (κ3) is 4.10. The van der Waals surface area contributed by atoms with E-state index in [0.717, 1.165) is 66.0 Å². The molecular weight excluding hydrogens is 418 g/mol. The summed E-state index contributed by atoms with van der Waals surface area (Å²) in [5, 5.41) is 5.45. The summed E-state index contributed by atoms with van der Waals surface area (Å²) in [6, 6.07) is 16.8. The highest BCUT2D eigenvalue weighted by Gasteiger charge is 2.24. The monoisotopic (exact) mass is 446 g/mol. The number of benzene rings is 2. The number of nitrogens with zero attached hydrogens (tertiary/aromatic N) is 4. The van der Waals surface area contributed by atoms with Crippen LogP contribution in [0.15, 0.2) is 54.7 Å². The number of fused-ring (bicyclic) bond motifs is 1. The number of piperazine rings is 1. The third-order valence-corrected chi connectivity index (χ3v) is 6.72. The Hall–Kier alpha value is -2.89. The molecule has 5 rings (SSSR count). The predicted molar refractivity (Wildman–Crippen MR) is 131 cm³/mol. The number of aryl methyl sites for hydroxylation is 3. The zero-order valence-corrected chi connectivity index (χ0v) is 19.7. The molecule has 4 aromatic rings. The molecule has 0 spiro atoms. The van der Waals surface area contributed by atoms with Crippen LogP contribution in [-0.4, -0.2) is 40.8 Å². The summed E-state index contributed by atoms with van der Waals surface area (Å²) in [6.45, 7) is 11.8. The molecule has 5 nitrogen and oxygen atoms in total. The highest BCUT2D eigenvalue weighted by molar-refractivity contribution is 6.30. The van der Waals surface area contributed by atoms with Gasteiger partial charge in [0, 0.05) is 27.9 Å². The smallest absolute Gasteiger partial charge is 0.165 e. The molecule has 1 N–H and O–H groups in total. The van der Waals surface area contributed by atoms with Gasteiger partial charge in [-0.3, -0.25) is 0 Å². The van der Waals surface area contributed by atoms with Crippen molar-refractivity contribution >= 4 is 23.1 Å². The van der Waals surface area contributed by atoms with E-state index in [9.17, 15) is 0 Å². The first-order valence-electron chi connectivity index (χ1n) is 11.2. The Morgan fingerprint density at radius 2 is 1.72 bits per heavy atom. The second-order valence-electron chi connectivity index (χ2n) is 8.90. The van der Waals surface area contributed by atoms with E-state index < -0.39 is 0 Å². The lowest BCUT2D eigenvalue weighted by molar-refractivity contribution is -0.914. The molecule has 1 aliphatic heterocycles. The molecule has 32 heavy (non-hydrogen) atoms. The molecule has 0 amide bonds. The van der Waals surface area contributed by atoms with Crippen molar-refractivity contribution in [3.05, 3.63) is 82.1 Å². The number of quaternary nitrogens is 1. The van der Waals surface area contributed by atoms with E-state index in [2.05, 4.69) is 49.9 Å². The SMILES string of the molecule is Cc1ccc(C[NH+]2CCN(c3cc(C)nc4c(-c5ccc(Cl)cc5)cnn34)CC2)c(C)c1. The zero-order chi connectivity index (χ0) is 22.2. The minimum Gasteiger partial charge on any atom is -0.345 e. The van der Waals surface area contributed by atoms with Crippen LogP contribution in [0.25, 0.3) is 16.8 Å². The summed E-state index contributed by atoms with van der Waals surface area (Å²) >= 11 is 6.08. The Morgan fingerprint density at radius 1 is 0.969 bits per heavy atom. The van der Waals surface area contributed by atoms with Crippen LogP contribution in [0, 0.1) is 20.8 Å². The van der Waals surface area contributed by atoms with Gasteiger partial charge in [0.05, 0.1) is 32.4 Å². The molecule has 1 aliphatic rings. The minimum absolute atomic E-state index is 0.733. The van der Waals surface area contributed by atoms with Gasteiger partial charge in [0.25, 0.3) is 0 Å². The first kappa shape index (κ1) is 21.0. The Balaban J connectivity index is 1.37. The van der Waals surface area contributed by atoms with Gasteiger partial charge in [-0.05, 0) is 44.0 Å². The van der Waals surface area contributed by atoms with E-state index >= 15 is 0 Å². The molecule has 0 radical (unpaired) electrons. The lowest BCUT2D eigenvalue weighted by Crippen LogP contribution is -3.13. The Kier molecular flexibility index (Phi) is 5.62. The Labute approximate surface area is 194 Å². The summed E-state index contributed by atoms with van der Waals surface area (Å²) < 4.78 is 1.99. The molecule has 0 bridgehead atoms. The Morgan fingerprint density at radius 3 is 2.44 bits per heavy atom. The lowest BCUT2D eigenvalue weighted by atomic mass is 10.1. The van der Waals surface area contributed by atoms with Crippen molar-refractivity contribution < 1.29 is 4.90 Å². The van der Waals surface area contributed by atoms with Crippen molar-refractivity contribution in [2.45, 2.75) is 27.3 Å². The van der Waals surface area contributed by atoms with Gasteiger partial charge in [0.15, 0.2) is 5.65 Å². The van der Waals surface area contributed by atoms with Crippen LogP contribution in [0.1, 0.15) is 22.4 Å². The van der Waals surface area contributed by atoms with Gasteiger partial charge in [-0.15, -0.1) is 0 Å². The maximum absolute atomic E-state index is 6.08. The number of aromatic nitrogens is 3. The van der Waals surface area contributed by atoms with Crippen molar-refractivity contribution in [2.75, 3.05) is 31.1 Å². The summed E-state index contributed by atoms with van der Waals surface area (Å²) in [5.41, 5.74) is 8.21. The highest BCUT2D eigenvalue weighted by atomic mass is 35.5. The molecular formula is C26H29ClN5+. The van der Waals surface area contributed by atoms with E-state index in [4.69, 9.17) is 21.7 Å². The van der Waals surface area contributed by atoms with E-state index in [1.54, 1.807) is 4.90 Å². The quantitative estimate of drug-likeness (QED) is 0.517. The number of hydrogen-bond donors (Lipinski definition) is 1. The van der Waals surface area contributed by atoms with E-state index in [-0.39, 0.29) is 0 Å². The van der Waals surface area contributed by atoms with Crippen molar-refractivity contribution in [1.82, 2.24) is 14.6 Å². The van der Waals surface area contributed by atoms with E-state index in [1.165, 1.54) is 16.7 Å². The van der Waals surface area contributed by atoms with Crippen LogP contribution in [0.3, 0.4) is 0 Å². The van der Waals surface area contributed by atoms with Gasteiger partial charge < -0.3 is 9.80 Å². The largest absolute Gasteiger partial charge is 0.345 e. The number of halogens is 1. The van der Waals surface area contributed by atoms with Gasteiger partial charge in [0.1, 0.15) is 12.4 Å². The number of nitrogens with one attached hydrogen (secondary N) is 1. The second-order valence-corrected chi connectivity index (χ2v) is 9.34. The highest BCUT2D eigenvalue weighted by Crippen LogP contribution is 2.28. The first-order valence-corrected chi connectivity index (χ1v) is 11.6. The van der Waals surface area contributed by atoms with E-state index in [1.807, 2.05) is 35.0 Å². The normalized spacial score (nSPS) is 14.9. The molecule has 1 fully saturated rings. The molecule has 0 aliphatic carbocycles. The number of rotatable bonds is 4. The maximum Gasteiger partial charge on any atom is 0.165 e. The van der Waals surface area contributed by atoms with E-state index in [0.29, 0.717) is 0 Å². The lowest BCUT2D eigenvalue weighted by Gasteiger charge is -2.34. The van der Waals surface area contributed by atoms with Crippen molar-refractivity contribution in [3.8, 4) is 11.1 Å². The van der Waals surface area contributed by atoms with Crippen molar-refractivity contribution in [3.63, 3.8) is 0 Å². The van der Waals surface area contributed by atoms with Crippen LogP contribution in [0.5, 0.6) is 0 Å². The third-order valence-electron chi connectivity index (χ3n) is 6.47. The second kappa shape index (κ2) is 8.57. The van der Waals surface area contributed by atoms with Crippen molar-refractivity contribution in [1.29, 1.82) is 0 Å².